The van der Waals surface area contributed by atoms with Gasteiger partial charge < -0.3 is 19.5 Å². The van der Waals surface area contributed by atoms with Crippen LogP contribution < -0.4 is 10.2 Å². The molecule has 0 saturated heterocycles. The van der Waals surface area contributed by atoms with E-state index in [1.165, 1.54) is 12.3 Å². The van der Waals surface area contributed by atoms with Crippen LogP contribution in [0.15, 0.2) is 41.3 Å². The van der Waals surface area contributed by atoms with Crippen LogP contribution in [0.3, 0.4) is 0 Å². The average Bonchev–Trinajstić information content (AvgIpc) is 2.73. The van der Waals surface area contributed by atoms with Crippen LogP contribution in [-0.2, 0) is 6.42 Å². The molecule has 8 heteroatoms. The summed E-state index contributed by atoms with van der Waals surface area (Å²) < 4.78 is 22.1. The number of aliphatic hydroxyl groups excluding tert-OH is 1. The van der Waals surface area contributed by atoms with E-state index in [-0.39, 0.29) is 29.5 Å². The Labute approximate surface area is 189 Å². The number of benzene rings is 2. The second-order valence-corrected chi connectivity index (χ2v) is 8.27. The number of carbonyl (C=O) groups is 1. The second kappa shape index (κ2) is 9.71. The third kappa shape index (κ3) is 4.64. The lowest BCUT2D eigenvalue weighted by atomic mass is 9.99. The zero-order valence-electron chi connectivity index (χ0n) is 18.1. The highest BCUT2D eigenvalue weighted by Gasteiger charge is 2.21. The summed E-state index contributed by atoms with van der Waals surface area (Å²) in [6.45, 7) is 5.31. The normalized spacial score (nSPS) is 12.3. The molecule has 0 aliphatic carbocycles. The largest absolute Gasteiger partial charge is 0.491 e. The van der Waals surface area contributed by atoms with Crippen LogP contribution in [-0.4, -0.2) is 33.5 Å². The van der Waals surface area contributed by atoms with E-state index in [4.69, 9.17) is 16.3 Å². The molecule has 1 atom stereocenters. The van der Waals surface area contributed by atoms with Gasteiger partial charge in [0, 0.05) is 24.1 Å². The van der Waals surface area contributed by atoms with Crippen LogP contribution >= 0.6 is 11.6 Å². The number of ether oxygens (including phenoxy) is 1. The molecular formula is C24H25ClFNO5. The minimum Gasteiger partial charge on any atom is -0.491 e. The number of hydrogen-bond donors (Lipinski definition) is 2. The third-order valence-electron chi connectivity index (χ3n) is 5.30. The number of carboxylic acids is 1. The van der Waals surface area contributed by atoms with Crippen LogP contribution in [0, 0.1) is 5.82 Å². The highest BCUT2D eigenvalue weighted by Crippen LogP contribution is 2.31. The first kappa shape index (κ1) is 23.8. The van der Waals surface area contributed by atoms with Crippen molar-refractivity contribution in [3.63, 3.8) is 0 Å². The molecule has 0 bridgehead atoms. The van der Waals surface area contributed by atoms with Gasteiger partial charge >= 0.3 is 5.97 Å². The van der Waals surface area contributed by atoms with Gasteiger partial charge in [0.25, 0.3) is 0 Å². The standard InChI is InChI=1S/C24H25ClFNO5/c1-4-16(12-28)27-11-18(24(30)31)23(29)17-9-15(21(10-20(17)27)32-13(2)3)8-14-6-5-7-19(25)22(14)26/h5-7,9-11,13,16,28H,4,8,12H2,1-3H3,(H,30,31). The predicted molar refractivity (Wildman–Crippen MR) is 122 cm³/mol. The van der Waals surface area contributed by atoms with Crippen molar-refractivity contribution in [2.45, 2.75) is 45.8 Å². The number of fused-ring (bicyclic) bond motifs is 1. The van der Waals surface area contributed by atoms with E-state index in [1.807, 2.05) is 20.8 Å². The molecule has 0 radical (unpaired) electrons. The molecule has 2 aromatic carbocycles. The quantitative estimate of drug-likeness (QED) is 0.502. The van der Waals surface area contributed by atoms with Gasteiger partial charge in [0.15, 0.2) is 0 Å². The van der Waals surface area contributed by atoms with Gasteiger partial charge in [-0.25, -0.2) is 9.18 Å². The second-order valence-electron chi connectivity index (χ2n) is 7.86. The molecule has 1 aromatic heterocycles. The number of hydrogen-bond acceptors (Lipinski definition) is 4. The molecular weight excluding hydrogens is 437 g/mol. The van der Waals surface area contributed by atoms with Gasteiger partial charge in [-0.15, -0.1) is 0 Å². The van der Waals surface area contributed by atoms with E-state index >= 15 is 0 Å². The molecule has 32 heavy (non-hydrogen) atoms. The molecule has 0 fully saturated rings. The minimum absolute atomic E-state index is 0.0149. The molecule has 0 aliphatic rings. The fourth-order valence-corrected chi connectivity index (χ4v) is 3.88. The Morgan fingerprint density at radius 1 is 1.25 bits per heavy atom. The van der Waals surface area contributed by atoms with Gasteiger partial charge in [-0.05, 0) is 43.5 Å². The fraction of sp³-hybridized carbons (Fsp3) is 0.333. The van der Waals surface area contributed by atoms with Gasteiger partial charge in [0.05, 0.1) is 29.3 Å². The first-order valence-corrected chi connectivity index (χ1v) is 10.7. The van der Waals surface area contributed by atoms with Crippen molar-refractivity contribution in [3.8, 4) is 5.75 Å². The summed E-state index contributed by atoms with van der Waals surface area (Å²) in [4.78, 5) is 24.7. The Balaban J connectivity index is 2.34. The highest BCUT2D eigenvalue weighted by molar-refractivity contribution is 6.30. The van der Waals surface area contributed by atoms with Crippen LogP contribution in [0.4, 0.5) is 4.39 Å². The Morgan fingerprint density at radius 3 is 2.56 bits per heavy atom. The summed E-state index contributed by atoms with van der Waals surface area (Å²) >= 11 is 5.92. The Bertz CT molecular complexity index is 1220. The minimum atomic E-state index is -1.36. The highest BCUT2D eigenvalue weighted by atomic mass is 35.5. The van der Waals surface area contributed by atoms with E-state index in [2.05, 4.69) is 0 Å². The van der Waals surface area contributed by atoms with Crippen molar-refractivity contribution in [1.29, 1.82) is 0 Å². The lowest BCUT2D eigenvalue weighted by Gasteiger charge is -2.22. The summed E-state index contributed by atoms with van der Waals surface area (Å²) in [7, 11) is 0. The van der Waals surface area contributed by atoms with Gasteiger partial charge in [0.2, 0.25) is 5.43 Å². The number of pyridine rings is 1. The molecule has 1 unspecified atom stereocenters. The molecule has 3 aromatic rings. The van der Waals surface area contributed by atoms with E-state index in [9.17, 15) is 24.2 Å². The fourth-order valence-electron chi connectivity index (χ4n) is 3.68. The summed E-state index contributed by atoms with van der Waals surface area (Å²) in [5.74, 6) is -1.48. The predicted octanol–water partition coefficient (Wildman–Crippen LogP) is 4.81. The summed E-state index contributed by atoms with van der Waals surface area (Å²) in [5.41, 5.74) is 0.228. The molecule has 6 nitrogen and oxygen atoms in total. The molecule has 2 N–H and O–H groups in total. The number of carboxylic acid groups (broad SMARTS) is 1. The molecule has 0 saturated carbocycles. The maximum absolute atomic E-state index is 14.6. The maximum Gasteiger partial charge on any atom is 0.341 e. The van der Waals surface area contributed by atoms with Crippen LogP contribution in [0.1, 0.15) is 54.7 Å². The van der Waals surface area contributed by atoms with E-state index in [0.717, 1.165) is 0 Å². The molecule has 0 aliphatic heterocycles. The van der Waals surface area contributed by atoms with Gasteiger partial charge in [0.1, 0.15) is 17.1 Å². The lowest BCUT2D eigenvalue weighted by molar-refractivity contribution is 0.0694. The summed E-state index contributed by atoms with van der Waals surface area (Å²) in [6.07, 6.45) is 1.67. The van der Waals surface area contributed by atoms with Crippen molar-refractivity contribution in [1.82, 2.24) is 4.57 Å². The number of rotatable bonds is 8. The first-order valence-electron chi connectivity index (χ1n) is 10.3. The van der Waals surface area contributed by atoms with E-state index in [0.29, 0.717) is 28.8 Å². The topological polar surface area (TPSA) is 88.8 Å². The Hall–Kier alpha value is -2.90. The zero-order chi connectivity index (χ0) is 23.6. The molecule has 0 spiro atoms. The smallest absolute Gasteiger partial charge is 0.341 e. The Morgan fingerprint density at radius 2 is 1.97 bits per heavy atom. The van der Waals surface area contributed by atoms with Crippen molar-refractivity contribution in [2.24, 2.45) is 0 Å². The zero-order valence-corrected chi connectivity index (χ0v) is 18.8. The monoisotopic (exact) mass is 461 g/mol. The van der Waals surface area contributed by atoms with Crippen molar-refractivity contribution in [3.05, 3.63) is 74.3 Å². The van der Waals surface area contributed by atoms with E-state index < -0.39 is 28.8 Å². The molecule has 1 heterocycles. The van der Waals surface area contributed by atoms with Crippen molar-refractivity contribution >= 4 is 28.5 Å². The molecule has 0 amide bonds. The number of aliphatic hydroxyl groups is 1. The summed E-state index contributed by atoms with van der Waals surface area (Å²) in [6, 6.07) is 7.44. The van der Waals surface area contributed by atoms with Crippen molar-refractivity contribution < 1.29 is 24.1 Å². The maximum atomic E-state index is 14.6. The Kier molecular flexibility index (Phi) is 7.21. The first-order chi connectivity index (χ1) is 15.2. The number of halogens is 2. The molecule has 170 valence electrons. The number of aromatic nitrogens is 1. The van der Waals surface area contributed by atoms with Gasteiger partial charge in [-0.1, -0.05) is 30.7 Å². The number of nitrogens with zero attached hydrogens (tertiary/aromatic N) is 1. The van der Waals surface area contributed by atoms with Gasteiger partial charge in [-0.2, -0.15) is 0 Å². The molecule has 3 rings (SSSR count). The van der Waals surface area contributed by atoms with Crippen LogP contribution in [0.5, 0.6) is 5.75 Å². The third-order valence-corrected chi connectivity index (χ3v) is 5.59. The van der Waals surface area contributed by atoms with Crippen LogP contribution in [0.25, 0.3) is 10.9 Å². The van der Waals surface area contributed by atoms with Crippen molar-refractivity contribution in [2.75, 3.05) is 6.61 Å². The van der Waals surface area contributed by atoms with E-state index in [1.54, 1.807) is 28.8 Å². The summed E-state index contributed by atoms with van der Waals surface area (Å²) in [5, 5.41) is 19.5. The average molecular weight is 462 g/mol. The lowest BCUT2D eigenvalue weighted by Crippen LogP contribution is -2.23. The van der Waals surface area contributed by atoms with Crippen LogP contribution in [0.2, 0.25) is 5.02 Å². The van der Waals surface area contributed by atoms with Gasteiger partial charge in [-0.3, -0.25) is 4.79 Å². The SMILES string of the molecule is CCC(CO)n1cc(C(=O)O)c(=O)c2cc(Cc3cccc(Cl)c3F)c(OC(C)C)cc21. The number of aromatic carboxylic acids is 1.